The highest BCUT2D eigenvalue weighted by molar-refractivity contribution is 14.1. The standard InChI is InChI=1S/C27H21Cl2IN2O3.C6H16OSi/c1-2-10-35-23-9-7-18(30)13-19(23)25-27(20-8-6-17(29)12-22(20)31-26(27)34)21(14-24(33)32-25)15-4-3-5-16(28)11-15;1-6(7-2)8(3,4)5/h2-9,11-13,21,25H,1,10,14H2,(H,31,34)(H,32,33);6H,1-5H3. The quantitative estimate of drug-likeness (QED) is 0.145. The molecule has 2 heterocycles. The lowest BCUT2D eigenvalue weighted by atomic mass is 9.59. The molecule has 4 atom stereocenters. The van der Waals surface area contributed by atoms with Crippen LogP contribution in [0, 0.1) is 3.57 Å². The van der Waals surface area contributed by atoms with Crippen LogP contribution in [0.15, 0.2) is 73.3 Å². The average molecular weight is 752 g/mol. The van der Waals surface area contributed by atoms with Gasteiger partial charge < -0.3 is 20.1 Å². The van der Waals surface area contributed by atoms with Gasteiger partial charge >= 0.3 is 0 Å². The number of carbonyl (C=O) groups is 2. The fourth-order valence-corrected chi connectivity index (χ4v) is 7.24. The number of halogens is 3. The third-order valence-corrected chi connectivity index (χ3v) is 12.0. The first-order valence-corrected chi connectivity index (χ1v) is 19.5. The maximum atomic E-state index is 14.1. The molecule has 2 N–H and O–H groups in total. The molecule has 228 valence electrons. The van der Waals surface area contributed by atoms with Crippen molar-refractivity contribution in [3.8, 4) is 5.75 Å². The molecule has 1 saturated heterocycles. The lowest BCUT2D eigenvalue weighted by Gasteiger charge is -2.46. The van der Waals surface area contributed by atoms with Gasteiger partial charge in [0, 0.05) is 50.0 Å². The third kappa shape index (κ3) is 6.98. The zero-order valence-corrected chi connectivity index (χ0v) is 29.6. The van der Waals surface area contributed by atoms with Crippen molar-refractivity contribution in [1.82, 2.24) is 5.32 Å². The molecule has 2 aliphatic rings. The number of fused-ring (bicyclic) bond motifs is 2. The lowest BCUT2D eigenvalue weighted by molar-refractivity contribution is -0.131. The largest absolute Gasteiger partial charge is 0.489 e. The number of piperidine rings is 1. The summed E-state index contributed by atoms with van der Waals surface area (Å²) < 4.78 is 12.1. The zero-order chi connectivity index (χ0) is 31.5. The van der Waals surface area contributed by atoms with Crippen molar-refractivity contribution in [3.05, 3.63) is 104 Å². The Kier molecular flexibility index (Phi) is 10.7. The van der Waals surface area contributed by atoms with Crippen LogP contribution in [0.25, 0.3) is 0 Å². The number of amides is 2. The van der Waals surface area contributed by atoms with Gasteiger partial charge in [0.25, 0.3) is 0 Å². The average Bonchev–Trinajstić information content (AvgIpc) is 3.23. The first kappa shape index (κ1) is 33.5. The number of methoxy groups -OCH3 is 1. The predicted molar refractivity (Wildman–Crippen MR) is 186 cm³/mol. The Morgan fingerprint density at radius 1 is 1.09 bits per heavy atom. The van der Waals surface area contributed by atoms with Gasteiger partial charge in [-0.2, -0.15) is 0 Å². The SMILES string of the molecule is C=CCOc1ccc(I)cc1C1NC(=O)CC(c2cccc(Cl)c2)C12C(=O)Nc1cc(Cl)ccc12.COC(C)[Si](C)(C)C. The third-order valence-electron chi connectivity index (χ3n) is 8.21. The summed E-state index contributed by atoms with van der Waals surface area (Å²) >= 11 is 14.9. The van der Waals surface area contributed by atoms with Crippen molar-refractivity contribution < 1.29 is 19.1 Å². The summed E-state index contributed by atoms with van der Waals surface area (Å²) in [5.74, 6) is -0.267. The number of anilines is 1. The molecule has 0 saturated carbocycles. The van der Waals surface area contributed by atoms with Gasteiger partial charge in [0.2, 0.25) is 11.8 Å². The summed E-state index contributed by atoms with van der Waals surface area (Å²) in [6.45, 7) is 13.1. The first-order valence-electron chi connectivity index (χ1n) is 14.0. The van der Waals surface area contributed by atoms with E-state index in [4.69, 9.17) is 32.7 Å². The zero-order valence-electron chi connectivity index (χ0n) is 25.0. The number of benzene rings is 3. The molecule has 5 rings (SSSR count). The fraction of sp³-hybridized carbons (Fsp3) is 0.333. The highest BCUT2D eigenvalue weighted by Crippen LogP contribution is 2.58. The van der Waals surface area contributed by atoms with Crippen molar-refractivity contribution in [1.29, 1.82) is 0 Å². The van der Waals surface area contributed by atoms with Crippen molar-refractivity contribution in [3.63, 3.8) is 0 Å². The minimum Gasteiger partial charge on any atom is -0.489 e. The Balaban J connectivity index is 0.000000467. The van der Waals surface area contributed by atoms with E-state index in [1.54, 1.807) is 31.4 Å². The second-order valence-corrected chi connectivity index (χ2v) is 19.5. The lowest BCUT2D eigenvalue weighted by Crippen LogP contribution is -2.56. The van der Waals surface area contributed by atoms with Gasteiger partial charge in [-0.1, -0.05) is 73.7 Å². The van der Waals surface area contributed by atoms with Crippen LogP contribution in [0.1, 0.15) is 42.0 Å². The topological polar surface area (TPSA) is 76.7 Å². The monoisotopic (exact) mass is 750 g/mol. The van der Waals surface area contributed by atoms with E-state index < -0.39 is 25.4 Å². The summed E-state index contributed by atoms with van der Waals surface area (Å²) in [5, 5.41) is 7.23. The van der Waals surface area contributed by atoms with Crippen LogP contribution in [0.4, 0.5) is 5.69 Å². The molecule has 4 unspecified atom stereocenters. The first-order chi connectivity index (χ1) is 20.3. The van der Waals surface area contributed by atoms with E-state index in [2.05, 4.69) is 66.4 Å². The summed E-state index contributed by atoms with van der Waals surface area (Å²) in [6, 6.07) is 17.8. The Morgan fingerprint density at radius 3 is 2.44 bits per heavy atom. The molecular weight excluding hydrogens is 714 g/mol. The van der Waals surface area contributed by atoms with E-state index in [-0.39, 0.29) is 24.8 Å². The van der Waals surface area contributed by atoms with Crippen LogP contribution in [0.5, 0.6) is 5.75 Å². The van der Waals surface area contributed by atoms with Gasteiger partial charge in [0.15, 0.2) is 0 Å². The molecule has 2 amide bonds. The van der Waals surface area contributed by atoms with E-state index in [1.807, 2.05) is 42.5 Å². The molecule has 43 heavy (non-hydrogen) atoms. The molecule has 2 aliphatic heterocycles. The van der Waals surface area contributed by atoms with Crippen molar-refractivity contribution in [2.75, 3.05) is 19.0 Å². The number of ether oxygens (including phenoxy) is 2. The van der Waals surface area contributed by atoms with Crippen LogP contribution in [0.2, 0.25) is 29.7 Å². The molecule has 6 nitrogen and oxygen atoms in total. The fourth-order valence-electron chi connectivity index (χ4n) is 5.65. The number of rotatable bonds is 7. The maximum absolute atomic E-state index is 14.1. The van der Waals surface area contributed by atoms with Gasteiger partial charge in [0.1, 0.15) is 17.8 Å². The molecule has 1 fully saturated rings. The van der Waals surface area contributed by atoms with E-state index in [1.165, 1.54) is 0 Å². The molecule has 3 aromatic carbocycles. The van der Waals surface area contributed by atoms with Gasteiger partial charge in [-0.3, -0.25) is 9.59 Å². The number of hydrogen-bond donors (Lipinski definition) is 2. The van der Waals surface area contributed by atoms with E-state index in [0.29, 0.717) is 27.2 Å². The minimum atomic E-state index is -1.16. The molecule has 10 heteroatoms. The Bertz CT molecular complexity index is 1530. The minimum absolute atomic E-state index is 0.124. The van der Waals surface area contributed by atoms with Crippen LogP contribution >= 0.6 is 45.8 Å². The van der Waals surface area contributed by atoms with Gasteiger partial charge in [-0.25, -0.2) is 0 Å². The van der Waals surface area contributed by atoms with Crippen LogP contribution in [-0.4, -0.2) is 39.3 Å². The van der Waals surface area contributed by atoms with Gasteiger partial charge in [-0.05, 0) is 83.1 Å². The highest BCUT2D eigenvalue weighted by Gasteiger charge is 2.61. The molecule has 3 aromatic rings. The molecule has 0 aromatic heterocycles. The summed E-state index contributed by atoms with van der Waals surface area (Å²) in [4.78, 5) is 27.3. The van der Waals surface area contributed by atoms with Gasteiger partial charge in [0.05, 0.1) is 14.1 Å². The summed E-state index contributed by atoms with van der Waals surface area (Å²) in [5.41, 5.74) is 2.27. The van der Waals surface area contributed by atoms with E-state index >= 15 is 0 Å². The van der Waals surface area contributed by atoms with Gasteiger partial charge in [-0.15, -0.1) is 0 Å². The smallest absolute Gasteiger partial charge is 0.238 e. The van der Waals surface area contributed by atoms with Crippen molar-refractivity contribution in [2.24, 2.45) is 0 Å². The van der Waals surface area contributed by atoms with Crippen LogP contribution in [0.3, 0.4) is 0 Å². The van der Waals surface area contributed by atoms with E-state index in [9.17, 15) is 9.59 Å². The second kappa shape index (κ2) is 13.7. The molecule has 1 spiro atoms. The molecular formula is C33H37Cl2IN2O4Si. The number of hydrogen-bond acceptors (Lipinski definition) is 4. The van der Waals surface area contributed by atoms with Crippen LogP contribution in [-0.2, 0) is 19.7 Å². The Labute approximate surface area is 278 Å². The summed E-state index contributed by atoms with van der Waals surface area (Å²) in [7, 11) is 0.798. The normalized spacial score (nSPS) is 21.7. The molecule has 0 aliphatic carbocycles. The van der Waals surface area contributed by atoms with E-state index in [0.717, 1.165) is 20.3 Å². The number of nitrogens with one attached hydrogen (secondary N) is 2. The highest BCUT2D eigenvalue weighted by atomic mass is 127. The molecule has 0 bridgehead atoms. The predicted octanol–water partition coefficient (Wildman–Crippen LogP) is 8.30. The Hall–Kier alpha value is -2.37. The van der Waals surface area contributed by atoms with Crippen molar-refractivity contribution in [2.45, 2.75) is 56.1 Å². The summed E-state index contributed by atoms with van der Waals surface area (Å²) in [6.07, 6.45) is 1.78. The maximum Gasteiger partial charge on any atom is 0.238 e. The van der Waals surface area contributed by atoms with Crippen LogP contribution < -0.4 is 15.4 Å². The number of carbonyl (C=O) groups excluding carboxylic acids is 2. The molecule has 0 radical (unpaired) electrons. The van der Waals surface area contributed by atoms with Crippen molar-refractivity contribution >= 4 is 71.4 Å². The second-order valence-electron chi connectivity index (χ2n) is 11.9. The Morgan fingerprint density at radius 2 is 1.81 bits per heavy atom.